The molecule has 0 bridgehead atoms. The summed E-state index contributed by atoms with van der Waals surface area (Å²) in [7, 11) is 0. The number of phenolic OH excluding ortho intramolecular Hbond substituents is 2. The molecule has 0 aromatic heterocycles. The van der Waals surface area contributed by atoms with Crippen LogP contribution < -0.4 is 0 Å². The number of hydrogen-bond acceptors (Lipinski definition) is 4. The van der Waals surface area contributed by atoms with Crippen LogP contribution in [0.5, 0.6) is 11.5 Å². The first kappa shape index (κ1) is 20.5. The Morgan fingerprint density at radius 1 is 1.21 bits per heavy atom. The number of rotatable bonds is 4. The van der Waals surface area contributed by atoms with Crippen molar-refractivity contribution in [1.82, 2.24) is 0 Å². The Kier molecular flexibility index (Phi) is 5.60. The summed E-state index contributed by atoms with van der Waals surface area (Å²) in [5.41, 5.74) is 2.43. The fourth-order valence-corrected chi connectivity index (χ4v) is 5.48. The second-order valence-corrected chi connectivity index (χ2v) is 9.35. The Hall–Kier alpha value is -2.23. The first-order chi connectivity index (χ1) is 13.1. The van der Waals surface area contributed by atoms with Crippen LogP contribution in [0.4, 0.5) is 0 Å². The van der Waals surface area contributed by atoms with Crippen molar-refractivity contribution in [3.8, 4) is 11.5 Å². The number of hydrogen-bond donors (Lipinski definition) is 2. The number of benzene rings is 1. The molecule has 1 aromatic carbocycles. The predicted molar refractivity (Wildman–Crippen MR) is 111 cm³/mol. The van der Waals surface area contributed by atoms with Crippen molar-refractivity contribution in [2.75, 3.05) is 6.61 Å². The molecule has 152 valence electrons. The van der Waals surface area contributed by atoms with Crippen molar-refractivity contribution in [1.29, 1.82) is 0 Å². The molecule has 1 fully saturated rings. The van der Waals surface area contributed by atoms with Crippen LogP contribution in [0.1, 0.15) is 58.9 Å². The zero-order valence-corrected chi connectivity index (χ0v) is 17.4. The molecule has 0 radical (unpaired) electrons. The lowest BCUT2D eigenvalue weighted by molar-refractivity contribution is -0.142. The van der Waals surface area contributed by atoms with Gasteiger partial charge in [-0.05, 0) is 66.7 Å². The normalized spacial score (nSPS) is 29.2. The fraction of sp³-hybridized carbons (Fsp3) is 0.542. The van der Waals surface area contributed by atoms with Gasteiger partial charge in [0, 0.05) is 12.0 Å². The zero-order chi connectivity index (χ0) is 20.5. The Balaban J connectivity index is 1.67. The molecule has 4 heteroatoms. The maximum atomic E-state index is 12.3. The van der Waals surface area contributed by atoms with Gasteiger partial charge in [0.25, 0.3) is 0 Å². The van der Waals surface area contributed by atoms with Gasteiger partial charge in [-0.3, -0.25) is 0 Å². The van der Waals surface area contributed by atoms with Gasteiger partial charge in [0.15, 0.2) is 11.5 Å². The third kappa shape index (κ3) is 3.96. The number of carbonyl (C=O) groups is 1. The summed E-state index contributed by atoms with van der Waals surface area (Å²) in [5.74, 6) is 0.0774. The standard InChI is InChI=1S/C24H32O4/c1-16-6-10-21-23(2,3)12-5-13-24(21,4)18(16)15-28-22(27)11-8-17-7-9-19(25)20(26)14-17/h6-9,11,14,18,21,25-26H,5,10,12-13,15H2,1-4H3/b11-8+/t18-,21-,24+/m0/s1. The summed E-state index contributed by atoms with van der Waals surface area (Å²) in [5, 5.41) is 18.9. The second-order valence-electron chi connectivity index (χ2n) is 9.35. The van der Waals surface area contributed by atoms with Crippen molar-refractivity contribution in [2.45, 2.75) is 53.4 Å². The highest BCUT2D eigenvalue weighted by molar-refractivity contribution is 5.87. The summed E-state index contributed by atoms with van der Waals surface area (Å²) in [6.45, 7) is 9.69. The van der Waals surface area contributed by atoms with Gasteiger partial charge in [-0.25, -0.2) is 4.79 Å². The Morgan fingerprint density at radius 3 is 2.68 bits per heavy atom. The molecule has 0 aliphatic heterocycles. The van der Waals surface area contributed by atoms with E-state index in [2.05, 4.69) is 33.8 Å². The average molecular weight is 385 g/mol. The van der Waals surface area contributed by atoms with Crippen molar-refractivity contribution < 1.29 is 19.7 Å². The lowest BCUT2D eigenvalue weighted by Gasteiger charge is -2.56. The van der Waals surface area contributed by atoms with Gasteiger partial charge in [0.05, 0.1) is 6.61 Å². The van der Waals surface area contributed by atoms with Crippen molar-refractivity contribution in [3.63, 3.8) is 0 Å². The van der Waals surface area contributed by atoms with Crippen LogP contribution in [0.15, 0.2) is 35.9 Å². The maximum absolute atomic E-state index is 12.3. The number of allylic oxidation sites excluding steroid dienone is 1. The lowest BCUT2D eigenvalue weighted by Crippen LogP contribution is -2.49. The monoisotopic (exact) mass is 384 g/mol. The predicted octanol–water partition coefficient (Wildman–Crippen LogP) is 5.45. The molecule has 0 unspecified atom stereocenters. The lowest BCUT2D eigenvalue weighted by atomic mass is 9.49. The second kappa shape index (κ2) is 7.65. The zero-order valence-electron chi connectivity index (χ0n) is 17.4. The molecule has 3 atom stereocenters. The van der Waals surface area contributed by atoms with E-state index >= 15 is 0 Å². The number of ether oxygens (including phenoxy) is 1. The van der Waals surface area contributed by atoms with Crippen molar-refractivity contribution >= 4 is 12.0 Å². The highest BCUT2D eigenvalue weighted by Crippen LogP contribution is 2.59. The van der Waals surface area contributed by atoms with E-state index in [4.69, 9.17) is 4.74 Å². The minimum atomic E-state index is -0.388. The fourth-order valence-electron chi connectivity index (χ4n) is 5.48. The number of esters is 1. The average Bonchev–Trinajstić information content (AvgIpc) is 2.61. The van der Waals surface area contributed by atoms with Gasteiger partial charge in [0.1, 0.15) is 0 Å². The SMILES string of the molecule is CC1=CC[C@H]2C(C)(C)CCC[C@]2(C)[C@H]1COC(=O)/C=C/c1ccc(O)c(O)c1. The van der Waals surface area contributed by atoms with Gasteiger partial charge >= 0.3 is 5.97 Å². The summed E-state index contributed by atoms with van der Waals surface area (Å²) in [6.07, 6.45) is 10.1. The van der Waals surface area contributed by atoms with Crippen LogP contribution in [0.2, 0.25) is 0 Å². The topological polar surface area (TPSA) is 66.8 Å². The number of phenols is 2. The van der Waals surface area contributed by atoms with Gasteiger partial charge in [-0.1, -0.05) is 44.9 Å². The van der Waals surface area contributed by atoms with E-state index in [0.717, 1.165) is 6.42 Å². The van der Waals surface area contributed by atoms with Crippen LogP contribution >= 0.6 is 0 Å². The highest BCUT2D eigenvalue weighted by atomic mass is 16.5. The largest absolute Gasteiger partial charge is 0.504 e. The van der Waals surface area contributed by atoms with E-state index in [-0.39, 0.29) is 28.8 Å². The van der Waals surface area contributed by atoms with Gasteiger partial charge in [-0.15, -0.1) is 0 Å². The molecular formula is C24H32O4. The first-order valence-electron chi connectivity index (χ1n) is 10.2. The summed E-state index contributed by atoms with van der Waals surface area (Å²) in [6, 6.07) is 4.42. The van der Waals surface area contributed by atoms with E-state index < -0.39 is 0 Å². The molecule has 0 spiro atoms. The van der Waals surface area contributed by atoms with Crippen LogP contribution in [0.25, 0.3) is 6.08 Å². The van der Waals surface area contributed by atoms with Crippen LogP contribution in [-0.2, 0) is 9.53 Å². The van der Waals surface area contributed by atoms with E-state index in [1.54, 1.807) is 12.1 Å². The minimum absolute atomic E-state index is 0.160. The molecule has 4 nitrogen and oxygen atoms in total. The van der Waals surface area contributed by atoms with Crippen LogP contribution in [0, 0.1) is 22.7 Å². The molecule has 2 aliphatic rings. The van der Waals surface area contributed by atoms with Crippen LogP contribution in [0.3, 0.4) is 0 Å². The number of carbonyl (C=O) groups excluding carboxylic acids is 1. The molecule has 0 amide bonds. The molecule has 2 N–H and O–H groups in total. The molecular weight excluding hydrogens is 352 g/mol. The molecule has 0 saturated heterocycles. The third-order valence-corrected chi connectivity index (χ3v) is 7.10. The van der Waals surface area contributed by atoms with Crippen LogP contribution in [-0.4, -0.2) is 22.8 Å². The number of fused-ring (bicyclic) bond motifs is 1. The Bertz CT molecular complexity index is 805. The van der Waals surface area contributed by atoms with E-state index in [9.17, 15) is 15.0 Å². The van der Waals surface area contributed by atoms with E-state index in [0.29, 0.717) is 23.5 Å². The molecule has 2 aliphatic carbocycles. The maximum Gasteiger partial charge on any atom is 0.330 e. The van der Waals surface area contributed by atoms with Crippen molar-refractivity contribution in [2.24, 2.45) is 22.7 Å². The molecule has 1 aromatic rings. The molecule has 1 saturated carbocycles. The number of aromatic hydroxyl groups is 2. The quantitative estimate of drug-likeness (QED) is 0.313. The Morgan fingerprint density at radius 2 is 1.96 bits per heavy atom. The van der Waals surface area contributed by atoms with E-state index in [1.165, 1.54) is 43.0 Å². The minimum Gasteiger partial charge on any atom is -0.504 e. The van der Waals surface area contributed by atoms with Gasteiger partial charge < -0.3 is 14.9 Å². The summed E-state index contributed by atoms with van der Waals surface area (Å²) < 4.78 is 5.63. The smallest absolute Gasteiger partial charge is 0.330 e. The molecule has 3 rings (SSSR count). The van der Waals surface area contributed by atoms with Crippen molar-refractivity contribution in [3.05, 3.63) is 41.5 Å². The highest BCUT2D eigenvalue weighted by Gasteiger charge is 2.52. The summed E-state index contributed by atoms with van der Waals surface area (Å²) in [4.78, 5) is 12.3. The third-order valence-electron chi connectivity index (χ3n) is 7.10. The Labute approximate surface area is 167 Å². The molecule has 28 heavy (non-hydrogen) atoms. The first-order valence-corrected chi connectivity index (χ1v) is 10.2. The summed E-state index contributed by atoms with van der Waals surface area (Å²) >= 11 is 0. The van der Waals surface area contributed by atoms with Gasteiger partial charge in [-0.2, -0.15) is 0 Å². The van der Waals surface area contributed by atoms with Gasteiger partial charge in [0.2, 0.25) is 0 Å². The van der Waals surface area contributed by atoms with E-state index in [1.807, 2.05) is 0 Å². The molecule has 0 heterocycles.